The third-order valence-corrected chi connectivity index (χ3v) is 6.89. The zero-order valence-electron chi connectivity index (χ0n) is 19.8. The normalized spacial score (nSPS) is 17.2. The smallest absolute Gasteiger partial charge is 0.250 e. The molecule has 172 valence electrons. The van der Waals surface area contributed by atoms with Crippen LogP contribution in [0.1, 0.15) is 51.2 Å². The lowest BCUT2D eigenvalue weighted by atomic mass is 9.79. The second-order valence-corrected chi connectivity index (χ2v) is 9.62. The van der Waals surface area contributed by atoms with Crippen LogP contribution >= 0.6 is 11.8 Å². The van der Waals surface area contributed by atoms with E-state index in [2.05, 4.69) is 55.3 Å². The van der Waals surface area contributed by atoms with Gasteiger partial charge in [0.25, 0.3) is 0 Å². The van der Waals surface area contributed by atoms with Crippen molar-refractivity contribution in [2.24, 2.45) is 5.10 Å². The zero-order valence-corrected chi connectivity index (χ0v) is 20.6. The highest BCUT2D eigenvalue weighted by Crippen LogP contribution is 2.45. The van der Waals surface area contributed by atoms with Gasteiger partial charge >= 0.3 is 0 Å². The Balaban J connectivity index is 1.68. The van der Waals surface area contributed by atoms with Crippen molar-refractivity contribution in [2.75, 3.05) is 31.4 Å². The van der Waals surface area contributed by atoms with Gasteiger partial charge in [-0.05, 0) is 69.0 Å². The Kier molecular flexibility index (Phi) is 7.72. The van der Waals surface area contributed by atoms with E-state index < -0.39 is 0 Å². The zero-order chi connectivity index (χ0) is 23.3. The summed E-state index contributed by atoms with van der Waals surface area (Å²) in [6.07, 6.45) is 2.74. The largest absolute Gasteiger partial charge is 0.497 e. The summed E-state index contributed by atoms with van der Waals surface area (Å²) in [6, 6.07) is 11.8. The van der Waals surface area contributed by atoms with Gasteiger partial charge in [-0.25, -0.2) is 5.43 Å². The number of ether oxygens (including phenoxy) is 2. The van der Waals surface area contributed by atoms with Crippen LogP contribution in [0, 0.1) is 0 Å². The van der Waals surface area contributed by atoms with Crippen LogP contribution in [0.3, 0.4) is 0 Å². The third-order valence-electron chi connectivity index (χ3n) is 5.88. The fourth-order valence-electron chi connectivity index (χ4n) is 4.43. The highest BCUT2D eigenvalue weighted by molar-refractivity contribution is 8.00. The molecule has 0 radical (unpaired) electrons. The number of anilines is 1. The number of hydrogen-bond acceptors (Lipinski definition) is 6. The minimum absolute atomic E-state index is 0.0946. The Bertz CT molecular complexity index is 973. The van der Waals surface area contributed by atoms with Crippen LogP contribution in [0.4, 0.5) is 5.69 Å². The molecule has 0 aliphatic carbocycles. The maximum atomic E-state index is 12.2. The van der Waals surface area contributed by atoms with E-state index in [4.69, 9.17) is 9.47 Å². The Morgan fingerprint density at radius 2 is 1.97 bits per heavy atom. The van der Waals surface area contributed by atoms with Crippen LogP contribution in [0.25, 0.3) is 0 Å². The summed E-state index contributed by atoms with van der Waals surface area (Å²) in [5.74, 6) is 2.09. The number of amides is 1. The molecule has 0 fully saturated rings. The van der Waals surface area contributed by atoms with E-state index in [-0.39, 0.29) is 17.2 Å². The molecule has 7 heteroatoms. The maximum Gasteiger partial charge on any atom is 0.250 e. The van der Waals surface area contributed by atoms with Gasteiger partial charge in [-0.15, -0.1) is 11.8 Å². The number of hydrazone groups is 1. The van der Waals surface area contributed by atoms with E-state index >= 15 is 0 Å². The van der Waals surface area contributed by atoms with E-state index in [0.717, 1.165) is 34.9 Å². The van der Waals surface area contributed by atoms with E-state index in [1.807, 2.05) is 24.3 Å². The Labute approximate surface area is 195 Å². The van der Waals surface area contributed by atoms with Crippen LogP contribution in [0.5, 0.6) is 11.5 Å². The van der Waals surface area contributed by atoms with Crippen molar-refractivity contribution in [3.63, 3.8) is 0 Å². The van der Waals surface area contributed by atoms with Gasteiger partial charge in [-0.2, -0.15) is 5.10 Å². The van der Waals surface area contributed by atoms with Gasteiger partial charge < -0.3 is 14.4 Å². The summed E-state index contributed by atoms with van der Waals surface area (Å²) >= 11 is 1.45. The predicted molar refractivity (Wildman–Crippen MR) is 133 cm³/mol. The van der Waals surface area contributed by atoms with E-state index in [1.54, 1.807) is 20.4 Å². The number of methoxy groups -OCH3 is 2. The molecule has 32 heavy (non-hydrogen) atoms. The average molecular weight is 456 g/mol. The van der Waals surface area contributed by atoms with Crippen molar-refractivity contribution in [2.45, 2.75) is 50.5 Å². The van der Waals surface area contributed by atoms with Gasteiger partial charge in [0.15, 0.2) is 0 Å². The average Bonchev–Trinajstić information content (AvgIpc) is 2.77. The van der Waals surface area contributed by atoms with Crippen LogP contribution in [-0.2, 0) is 4.79 Å². The summed E-state index contributed by atoms with van der Waals surface area (Å²) in [5.41, 5.74) is 6.07. The number of carbonyl (C=O) groups is 1. The standard InChI is InChI=1S/C25H33N3O3S/c1-7-28-22-13-23(31-6)18(12-21(22)17(2)14-25(28,3)4)15-26-27-24(29)16-32-20-10-8-19(30-5)9-11-20/h8-13,15,17H,7,14,16H2,1-6H3,(H,27,29)/b26-15+. The Hall–Kier alpha value is -2.67. The quantitative estimate of drug-likeness (QED) is 0.343. The number of carbonyl (C=O) groups excluding carboxylic acids is 1. The SMILES string of the molecule is CCN1c2cc(OC)c(/C=N/NC(=O)CSc3ccc(OC)cc3)cc2C(C)CC1(C)C. The Morgan fingerprint density at radius 1 is 1.25 bits per heavy atom. The molecule has 0 spiro atoms. The molecule has 1 amide bonds. The number of benzene rings is 2. The summed E-state index contributed by atoms with van der Waals surface area (Å²) in [6.45, 7) is 9.96. The highest BCUT2D eigenvalue weighted by Gasteiger charge is 2.36. The van der Waals surface area contributed by atoms with E-state index in [9.17, 15) is 4.79 Å². The van der Waals surface area contributed by atoms with Crippen LogP contribution < -0.4 is 19.8 Å². The van der Waals surface area contributed by atoms with Crippen LogP contribution in [-0.4, -0.2) is 44.2 Å². The molecule has 1 atom stereocenters. The topological polar surface area (TPSA) is 63.2 Å². The fraction of sp³-hybridized carbons (Fsp3) is 0.440. The maximum absolute atomic E-state index is 12.2. The predicted octanol–water partition coefficient (Wildman–Crippen LogP) is 5.06. The van der Waals surface area contributed by atoms with Crippen LogP contribution in [0.2, 0.25) is 0 Å². The number of hydrogen-bond donors (Lipinski definition) is 1. The highest BCUT2D eigenvalue weighted by atomic mass is 32.2. The molecular formula is C25H33N3O3S. The van der Waals surface area contributed by atoms with Gasteiger partial charge in [-0.3, -0.25) is 4.79 Å². The van der Waals surface area contributed by atoms with Crippen molar-refractivity contribution in [3.8, 4) is 11.5 Å². The van der Waals surface area contributed by atoms with Gasteiger partial charge in [0.05, 0.1) is 26.2 Å². The lowest BCUT2D eigenvalue weighted by Crippen LogP contribution is -2.48. The molecule has 1 N–H and O–H groups in total. The Morgan fingerprint density at radius 3 is 2.59 bits per heavy atom. The lowest BCUT2D eigenvalue weighted by molar-refractivity contribution is -0.118. The number of thioether (sulfide) groups is 1. The number of rotatable bonds is 8. The van der Waals surface area contributed by atoms with Gasteiger partial charge in [0.2, 0.25) is 5.91 Å². The van der Waals surface area contributed by atoms with Gasteiger partial charge in [0, 0.05) is 34.3 Å². The molecular weight excluding hydrogens is 422 g/mol. The summed E-state index contributed by atoms with van der Waals surface area (Å²) < 4.78 is 10.8. The molecule has 0 saturated carbocycles. The molecule has 0 saturated heterocycles. The second kappa shape index (κ2) is 10.3. The minimum atomic E-state index is -0.161. The molecule has 6 nitrogen and oxygen atoms in total. The van der Waals surface area contributed by atoms with Crippen molar-refractivity contribution < 1.29 is 14.3 Å². The first kappa shape index (κ1) is 24.0. The van der Waals surface area contributed by atoms with E-state index in [0.29, 0.717) is 5.92 Å². The fourth-order valence-corrected chi connectivity index (χ4v) is 5.12. The lowest BCUT2D eigenvalue weighted by Gasteiger charge is -2.47. The first-order chi connectivity index (χ1) is 15.3. The van der Waals surface area contributed by atoms with Crippen molar-refractivity contribution >= 4 is 29.6 Å². The number of nitrogens with zero attached hydrogens (tertiary/aromatic N) is 2. The molecule has 1 aliphatic rings. The third kappa shape index (κ3) is 5.38. The molecule has 0 aromatic heterocycles. The molecule has 2 aromatic carbocycles. The van der Waals surface area contributed by atoms with Gasteiger partial charge in [0.1, 0.15) is 11.5 Å². The summed E-state index contributed by atoms with van der Waals surface area (Å²) in [7, 11) is 3.29. The number of nitrogens with one attached hydrogen (secondary N) is 1. The van der Waals surface area contributed by atoms with Crippen LogP contribution in [0.15, 0.2) is 46.4 Å². The summed E-state index contributed by atoms with van der Waals surface area (Å²) in [4.78, 5) is 15.6. The van der Waals surface area contributed by atoms with Crippen molar-refractivity contribution in [1.82, 2.24) is 5.43 Å². The number of fused-ring (bicyclic) bond motifs is 1. The first-order valence-corrected chi connectivity index (χ1v) is 11.9. The first-order valence-electron chi connectivity index (χ1n) is 10.9. The van der Waals surface area contributed by atoms with E-state index in [1.165, 1.54) is 23.0 Å². The molecule has 2 aromatic rings. The minimum Gasteiger partial charge on any atom is -0.497 e. The summed E-state index contributed by atoms with van der Waals surface area (Å²) in [5, 5.41) is 4.18. The van der Waals surface area contributed by atoms with Gasteiger partial charge in [-0.1, -0.05) is 6.92 Å². The molecule has 1 aliphatic heterocycles. The monoisotopic (exact) mass is 455 g/mol. The van der Waals surface area contributed by atoms with Crippen molar-refractivity contribution in [1.29, 1.82) is 0 Å². The van der Waals surface area contributed by atoms with Crippen molar-refractivity contribution in [3.05, 3.63) is 47.5 Å². The molecule has 1 heterocycles. The molecule has 3 rings (SSSR count). The molecule has 1 unspecified atom stereocenters. The second-order valence-electron chi connectivity index (χ2n) is 8.57. The molecule has 0 bridgehead atoms.